The Bertz CT molecular complexity index is 540. The normalized spacial score (nSPS) is 10.7. The molecule has 2 aromatic rings. The Balaban J connectivity index is 2.46. The molecule has 0 nitrogen and oxygen atoms in total. The molecule has 0 atom stereocenters. The van der Waals surface area contributed by atoms with E-state index in [-0.39, 0.29) is 0 Å². The fourth-order valence-electron chi connectivity index (χ4n) is 2.08. The van der Waals surface area contributed by atoms with Crippen LogP contribution in [0.15, 0.2) is 43.0 Å². The molecule has 1 heteroatoms. The second-order valence-corrected chi connectivity index (χ2v) is 4.81. The quantitative estimate of drug-likeness (QED) is 0.648. The van der Waals surface area contributed by atoms with Gasteiger partial charge in [0.05, 0.1) is 0 Å². The molecule has 0 fully saturated rings. The molecule has 0 N–H and O–H groups in total. The molecule has 0 aliphatic carbocycles. The average Bonchev–Trinajstić information content (AvgIpc) is 2.35. The molecule has 0 aromatic heterocycles. The third kappa shape index (κ3) is 2.70. The Morgan fingerprint density at radius 3 is 2.82 bits per heavy atom. The fourth-order valence-corrected chi connectivity index (χ4v) is 2.25. The molecule has 0 aliphatic rings. The molecular formula is C16H17Cl. The largest absolute Gasteiger partial charge is 0.0952 e. The van der Waals surface area contributed by atoms with Gasteiger partial charge in [-0.3, -0.25) is 0 Å². The van der Waals surface area contributed by atoms with Crippen LogP contribution >= 0.6 is 11.6 Å². The van der Waals surface area contributed by atoms with Crippen LogP contribution in [-0.2, 0) is 0 Å². The van der Waals surface area contributed by atoms with Gasteiger partial charge < -0.3 is 0 Å². The molecule has 0 bridgehead atoms. The van der Waals surface area contributed by atoms with E-state index in [1.165, 1.54) is 34.8 Å². The van der Waals surface area contributed by atoms with Gasteiger partial charge in [0.15, 0.2) is 0 Å². The zero-order chi connectivity index (χ0) is 12.3. The lowest BCUT2D eigenvalue weighted by atomic mass is 9.96. The van der Waals surface area contributed by atoms with E-state index in [1.807, 2.05) is 12.1 Å². The minimum absolute atomic E-state index is 0.785. The maximum atomic E-state index is 6.07. The van der Waals surface area contributed by atoms with Crippen LogP contribution in [0.2, 0.25) is 5.02 Å². The molecule has 88 valence electrons. The highest BCUT2D eigenvalue weighted by molar-refractivity contribution is 6.31. The van der Waals surface area contributed by atoms with E-state index in [0.29, 0.717) is 0 Å². The fraction of sp³-hybridized carbons (Fsp3) is 0.250. The first-order valence-electron chi connectivity index (χ1n) is 6.09. The van der Waals surface area contributed by atoms with Crippen molar-refractivity contribution in [3.05, 3.63) is 53.6 Å². The standard InChI is InChI=1S/C16H17Cl/c1-3-4-6-12(2)15-8-5-7-13-9-10-14(17)11-16(13)15/h5,7-11H,2-4,6H2,1H3. The van der Waals surface area contributed by atoms with Crippen LogP contribution in [0.3, 0.4) is 0 Å². The van der Waals surface area contributed by atoms with E-state index in [1.54, 1.807) is 0 Å². The van der Waals surface area contributed by atoms with Crippen LogP contribution in [0, 0.1) is 0 Å². The van der Waals surface area contributed by atoms with Crippen LogP contribution in [-0.4, -0.2) is 0 Å². The maximum absolute atomic E-state index is 6.07. The Kier molecular flexibility index (Phi) is 3.86. The lowest BCUT2D eigenvalue weighted by Gasteiger charge is -2.09. The zero-order valence-corrected chi connectivity index (χ0v) is 10.9. The van der Waals surface area contributed by atoms with E-state index < -0.39 is 0 Å². The first-order valence-corrected chi connectivity index (χ1v) is 6.46. The Labute approximate surface area is 108 Å². The monoisotopic (exact) mass is 244 g/mol. The van der Waals surface area contributed by atoms with Gasteiger partial charge in [0.25, 0.3) is 0 Å². The highest BCUT2D eigenvalue weighted by atomic mass is 35.5. The highest BCUT2D eigenvalue weighted by Gasteiger charge is 2.04. The zero-order valence-electron chi connectivity index (χ0n) is 10.2. The van der Waals surface area contributed by atoms with Gasteiger partial charge in [0.1, 0.15) is 0 Å². The molecule has 0 saturated carbocycles. The summed E-state index contributed by atoms with van der Waals surface area (Å²) in [6, 6.07) is 12.4. The van der Waals surface area contributed by atoms with Crippen molar-refractivity contribution in [2.75, 3.05) is 0 Å². The van der Waals surface area contributed by atoms with Crippen LogP contribution < -0.4 is 0 Å². The van der Waals surface area contributed by atoms with Gasteiger partial charge in [0, 0.05) is 5.02 Å². The predicted molar refractivity (Wildman–Crippen MR) is 77.5 cm³/mol. The number of halogens is 1. The summed E-state index contributed by atoms with van der Waals surface area (Å²) in [5.74, 6) is 0. The van der Waals surface area contributed by atoms with Crippen molar-refractivity contribution in [2.45, 2.75) is 26.2 Å². The molecule has 0 amide bonds. The van der Waals surface area contributed by atoms with E-state index in [0.717, 1.165) is 11.4 Å². The number of allylic oxidation sites excluding steroid dienone is 1. The van der Waals surface area contributed by atoms with Gasteiger partial charge in [-0.25, -0.2) is 0 Å². The number of benzene rings is 2. The van der Waals surface area contributed by atoms with Crippen LogP contribution in [0.1, 0.15) is 31.7 Å². The molecular weight excluding hydrogens is 228 g/mol. The van der Waals surface area contributed by atoms with Crippen LogP contribution in [0.25, 0.3) is 16.3 Å². The second kappa shape index (κ2) is 5.37. The number of rotatable bonds is 4. The van der Waals surface area contributed by atoms with Crippen molar-refractivity contribution in [1.82, 2.24) is 0 Å². The van der Waals surface area contributed by atoms with Crippen LogP contribution in [0.4, 0.5) is 0 Å². The van der Waals surface area contributed by atoms with Crippen molar-refractivity contribution < 1.29 is 0 Å². The van der Waals surface area contributed by atoms with E-state index in [9.17, 15) is 0 Å². The number of hydrogen-bond donors (Lipinski definition) is 0. The molecule has 17 heavy (non-hydrogen) atoms. The average molecular weight is 245 g/mol. The summed E-state index contributed by atoms with van der Waals surface area (Å²) >= 11 is 6.07. The van der Waals surface area contributed by atoms with Gasteiger partial charge in [0.2, 0.25) is 0 Å². The third-order valence-corrected chi connectivity index (χ3v) is 3.29. The van der Waals surface area contributed by atoms with E-state index >= 15 is 0 Å². The van der Waals surface area contributed by atoms with Crippen molar-refractivity contribution in [2.24, 2.45) is 0 Å². The van der Waals surface area contributed by atoms with Crippen molar-refractivity contribution in [1.29, 1.82) is 0 Å². The van der Waals surface area contributed by atoms with E-state index in [4.69, 9.17) is 11.6 Å². The third-order valence-electron chi connectivity index (χ3n) is 3.06. The summed E-state index contributed by atoms with van der Waals surface area (Å²) in [5.41, 5.74) is 2.44. The van der Waals surface area contributed by atoms with Gasteiger partial charge in [-0.05, 0) is 46.9 Å². The lowest BCUT2D eigenvalue weighted by Crippen LogP contribution is -1.86. The molecule has 0 saturated heterocycles. The van der Waals surface area contributed by atoms with Crippen molar-refractivity contribution >= 4 is 27.9 Å². The van der Waals surface area contributed by atoms with Crippen molar-refractivity contribution in [3.63, 3.8) is 0 Å². The summed E-state index contributed by atoms with van der Waals surface area (Å²) in [5, 5.41) is 3.22. The molecule has 0 unspecified atom stereocenters. The Hall–Kier alpha value is -1.27. The SMILES string of the molecule is C=C(CCCC)c1cccc2ccc(Cl)cc12. The summed E-state index contributed by atoms with van der Waals surface area (Å²) in [4.78, 5) is 0. The summed E-state index contributed by atoms with van der Waals surface area (Å²) < 4.78 is 0. The summed E-state index contributed by atoms with van der Waals surface area (Å²) in [6.07, 6.45) is 3.45. The first kappa shape index (κ1) is 12.2. The lowest BCUT2D eigenvalue weighted by molar-refractivity contribution is 0.825. The molecule has 0 aliphatic heterocycles. The smallest absolute Gasteiger partial charge is 0.0412 e. The molecule has 2 rings (SSSR count). The topological polar surface area (TPSA) is 0 Å². The number of unbranched alkanes of at least 4 members (excludes halogenated alkanes) is 1. The molecule has 0 radical (unpaired) electrons. The summed E-state index contributed by atoms with van der Waals surface area (Å²) in [7, 11) is 0. The van der Waals surface area contributed by atoms with Gasteiger partial charge >= 0.3 is 0 Å². The number of fused-ring (bicyclic) bond motifs is 1. The minimum atomic E-state index is 0.785. The minimum Gasteiger partial charge on any atom is -0.0952 e. The Morgan fingerprint density at radius 1 is 1.24 bits per heavy atom. The van der Waals surface area contributed by atoms with Gasteiger partial charge in [-0.1, -0.05) is 55.8 Å². The van der Waals surface area contributed by atoms with E-state index in [2.05, 4.69) is 37.8 Å². The predicted octanol–water partition coefficient (Wildman–Crippen LogP) is 5.70. The maximum Gasteiger partial charge on any atom is 0.0412 e. The molecule has 0 spiro atoms. The molecule has 0 heterocycles. The van der Waals surface area contributed by atoms with Gasteiger partial charge in [-0.2, -0.15) is 0 Å². The summed E-state index contributed by atoms with van der Waals surface area (Å²) in [6.45, 7) is 6.40. The highest BCUT2D eigenvalue weighted by Crippen LogP contribution is 2.29. The van der Waals surface area contributed by atoms with Gasteiger partial charge in [-0.15, -0.1) is 0 Å². The number of hydrogen-bond acceptors (Lipinski definition) is 0. The van der Waals surface area contributed by atoms with Crippen molar-refractivity contribution in [3.8, 4) is 0 Å². The molecule has 2 aromatic carbocycles. The first-order chi connectivity index (χ1) is 8.22. The van der Waals surface area contributed by atoms with Crippen LogP contribution in [0.5, 0.6) is 0 Å². The Morgan fingerprint density at radius 2 is 2.06 bits per heavy atom. The second-order valence-electron chi connectivity index (χ2n) is 4.38.